The highest BCUT2D eigenvalue weighted by Crippen LogP contribution is 2.20. The highest BCUT2D eigenvalue weighted by atomic mass is 32.1. The molecule has 142 valence electrons. The van der Waals surface area contributed by atoms with Crippen molar-refractivity contribution in [2.75, 3.05) is 12.3 Å². The Morgan fingerprint density at radius 2 is 1.96 bits per heavy atom. The number of amides is 2. The summed E-state index contributed by atoms with van der Waals surface area (Å²) in [5.41, 5.74) is 6.81. The van der Waals surface area contributed by atoms with Crippen molar-refractivity contribution in [1.29, 1.82) is 0 Å². The van der Waals surface area contributed by atoms with Gasteiger partial charge in [0.1, 0.15) is 17.8 Å². The minimum absolute atomic E-state index is 0.0396. The molecule has 8 nitrogen and oxygen atoms in total. The number of carboxylic acids is 1. The van der Waals surface area contributed by atoms with Crippen LogP contribution in [-0.2, 0) is 20.8 Å². The second-order valence-electron chi connectivity index (χ2n) is 6.25. The Morgan fingerprint density at radius 3 is 2.54 bits per heavy atom. The number of aromatic hydroxyl groups is 1. The van der Waals surface area contributed by atoms with Gasteiger partial charge in [0.05, 0.1) is 6.04 Å². The van der Waals surface area contributed by atoms with E-state index in [2.05, 4.69) is 17.9 Å². The maximum Gasteiger partial charge on any atom is 0.327 e. The molecule has 1 saturated heterocycles. The molecule has 1 heterocycles. The third kappa shape index (κ3) is 4.89. The van der Waals surface area contributed by atoms with Gasteiger partial charge in [0.2, 0.25) is 11.8 Å². The third-order valence-electron chi connectivity index (χ3n) is 4.34. The normalized spacial score (nSPS) is 19.0. The van der Waals surface area contributed by atoms with Crippen molar-refractivity contribution in [3.63, 3.8) is 0 Å². The number of nitrogens with two attached hydrogens (primary N) is 1. The minimum atomic E-state index is -1.17. The van der Waals surface area contributed by atoms with Crippen LogP contribution in [0.15, 0.2) is 24.3 Å². The van der Waals surface area contributed by atoms with Crippen LogP contribution in [0.1, 0.15) is 18.4 Å². The van der Waals surface area contributed by atoms with E-state index in [9.17, 15) is 19.5 Å². The maximum absolute atomic E-state index is 12.7. The Bertz CT molecular complexity index is 667. The molecule has 1 aromatic rings. The summed E-state index contributed by atoms with van der Waals surface area (Å²) in [5.74, 6) is -1.94. The van der Waals surface area contributed by atoms with Crippen LogP contribution >= 0.6 is 12.6 Å². The lowest BCUT2D eigenvalue weighted by molar-refractivity contribution is -0.143. The van der Waals surface area contributed by atoms with Gasteiger partial charge < -0.3 is 26.2 Å². The van der Waals surface area contributed by atoms with Crippen LogP contribution in [0, 0.1) is 0 Å². The molecule has 2 rings (SSSR count). The molecule has 5 N–H and O–H groups in total. The second kappa shape index (κ2) is 8.91. The summed E-state index contributed by atoms with van der Waals surface area (Å²) in [6.07, 6.45) is 1.38. The zero-order chi connectivity index (χ0) is 19.3. The van der Waals surface area contributed by atoms with E-state index < -0.39 is 30.0 Å². The number of hydrogen-bond acceptors (Lipinski definition) is 6. The molecule has 0 radical (unpaired) electrons. The Morgan fingerprint density at radius 1 is 1.31 bits per heavy atom. The molecule has 0 aliphatic carbocycles. The van der Waals surface area contributed by atoms with Crippen LogP contribution in [0.25, 0.3) is 0 Å². The largest absolute Gasteiger partial charge is 0.508 e. The number of phenolic OH excluding ortho intramolecular Hbond substituents is 1. The first-order valence-corrected chi connectivity index (χ1v) is 8.94. The molecular weight excluding hydrogens is 358 g/mol. The highest BCUT2D eigenvalue weighted by Gasteiger charge is 2.37. The van der Waals surface area contributed by atoms with Gasteiger partial charge in [-0.3, -0.25) is 9.59 Å². The van der Waals surface area contributed by atoms with Crippen molar-refractivity contribution in [2.24, 2.45) is 5.73 Å². The molecule has 2 amide bonds. The van der Waals surface area contributed by atoms with Crippen molar-refractivity contribution < 1.29 is 24.6 Å². The maximum atomic E-state index is 12.7. The molecular formula is C17H23N3O5S. The smallest absolute Gasteiger partial charge is 0.327 e. The Hall–Kier alpha value is -2.26. The van der Waals surface area contributed by atoms with E-state index in [0.717, 1.165) is 5.56 Å². The number of nitrogens with zero attached hydrogens (tertiary/aromatic N) is 1. The van der Waals surface area contributed by atoms with Crippen molar-refractivity contribution >= 4 is 30.4 Å². The molecule has 3 atom stereocenters. The fraction of sp³-hybridized carbons (Fsp3) is 0.471. The van der Waals surface area contributed by atoms with E-state index in [-0.39, 0.29) is 23.8 Å². The monoisotopic (exact) mass is 381 g/mol. The lowest BCUT2D eigenvalue weighted by Crippen LogP contribution is -2.54. The summed E-state index contributed by atoms with van der Waals surface area (Å²) in [6, 6.07) is 3.74. The minimum Gasteiger partial charge on any atom is -0.508 e. The summed E-state index contributed by atoms with van der Waals surface area (Å²) in [7, 11) is 0. The van der Waals surface area contributed by atoms with E-state index in [0.29, 0.717) is 19.4 Å². The number of hydrogen-bond donors (Lipinski definition) is 5. The van der Waals surface area contributed by atoms with Crippen LogP contribution in [0.4, 0.5) is 0 Å². The molecule has 0 bridgehead atoms. The zero-order valence-electron chi connectivity index (χ0n) is 14.2. The molecule has 0 unspecified atom stereocenters. The van der Waals surface area contributed by atoms with E-state index in [4.69, 9.17) is 10.8 Å². The average Bonchev–Trinajstić information content (AvgIpc) is 3.10. The third-order valence-corrected chi connectivity index (χ3v) is 4.71. The highest BCUT2D eigenvalue weighted by molar-refractivity contribution is 7.80. The summed E-state index contributed by atoms with van der Waals surface area (Å²) >= 11 is 3.92. The Kier molecular flexibility index (Phi) is 6.87. The van der Waals surface area contributed by atoms with Gasteiger partial charge >= 0.3 is 5.97 Å². The van der Waals surface area contributed by atoms with Crippen LogP contribution in [0.3, 0.4) is 0 Å². The molecule has 0 spiro atoms. The van der Waals surface area contributed by atoms with E-state index >= 15 is 0 Å². The number of carboxylic acid groups (broad SMARTS) is 1. The lowest BCUT2D eigenvalue weighted by Gasteiger charge is -2.27. The van der Waals surface area contributed by atoms with E-state index in [1.54, 1.807) is 12.1 Å². The van der Waals surface area contributed by atoms with Crippen molar-refractivity contribution in [1.82, 2.24) is 10.2 Å². The Labute approximate surface area is 156 Å². The number of carbonyl (C=O) groups excluding carboxylic acids is 2. The summed E-state index contributed by atoms with van der Waals surface area (Å²) in [5, 5.41) is 20.7. The molecule has 1 aliphatic rings. The second-order valence-corrected chi connectivity index (χ2v) is 6.61. The topological polar surface area (TPSA) is 133 Å². The van der Waals surface area contributed by atoms with Gasteiger partial charge in [-0.1, -0.05) is 12.1 Å². The van der Waals surface area contributed by atoms with Crippen LogP contribution in [-0.4, -0.2) is 63.3 Å². The molecule has 1 fully saturated rings. The molecule has 1 aromatic carbocycles. The standard InChI is InChI=1S/C17H23N3O5S/c18-12(8-10-3-5-11(21)6-4-10)16(23)20-7-1-2-14(20)15(22)19-13(9-26)17(24)25/h3-6,12-14,21,26H,1-2,7-9,18H2,(H,19,22)(H,24,25)/t12-,13-,14-/m0/s1. The van der Waals surface area contributed by atoms with Crippen LogP contribution < -0.4 is 11.1 Å². The average molecular weight is 381 g/mol. The number of phenols is 1. The zero-order valence-corrected chi connectivity index (χ0v) is 15.1. The van der Waals surface area contributed by atoms with Crippen molar-refractivity contribution in [2.45, 2.75) is 37.4 Å². The number of rotatable bonds is 7. The number of thiol groups is 1. The SMILES string of the molecule is N[C@@H](Cc1ccc(O)cc1)C(=O)N1CCC[C@H]1C(=O)N[C@@H](CS)C(=O)O. The number of benzene rings is 1. The molecule has 26 heavy (non-hydrogen) atoms. The quantitative estimate of drug-likeness (QED) is 0.414. The molecule has 1 aliphatic heterocycles. The first kappa shape index (κ1) is 20.1. The molecule has 9 heteroatoms. The Balaban J connectivity index is 2.01. The first-order valence-electron chi connectivity index (χ1n) is 8.31. The van der Waals surface area contributed by atoms with E-state index in [1.807, 2.05) is 0 Å². The van der Waals surface area contributed by atoms with Gasteiger partial charge in [0.15, 0.2) is 0 Å². The lowest BCUT2D eigenvalue weighted by atomic mass is 10.0. The predicted molar refractivity (Wildman–Crippen MR) is 97.9 cm³/mol. The summed E-state index contributed by atoms with van der Waals surface area (Å²) in [6.45, 7) is 0.402. The molecule has 0 aromatic heterocycles. The first-order chi connectivity index (χ1) is 12.3. The number of carbonyl (C=O) groups is 3. The van der Waals surface area contributed by atoms with Crippen LogP contribution in [0.2, 0.25) is 0 Å². The molecule has 0 saturated carbocycles. The fourth-order valence-corrected chi connectivity index (χ4v) is 3.19. The van der Waals surface area contributed by atoms with Gasteiger partial charge in [-0.2, -0.15) is 12.6 Å². The van der Waals surface area contributed by atoms with Gasteiger partial charge in [0, 0.05) is 12.3 Å². The number of nitrogens with one attached hydrogen (secondary N) is 1. The van der Waals surface area contributed by atoms with E-state index in [1.165, 1.54) is 17.0 Å². The summed E-state index contributed by atoms with van der Waals surface area (Å²) in [4.78, 5) is 37.5. The van der Waals surface area contributed by atoms with Crippen molar-refractivity contribution in [3.8, 4) is 5.75 Å². The number of likely N-dealkylation sites (tertiary alicyclic amines) is 1. The van der Waals surface area contributed by atoms with Gasteiger partial charge in [-0.25, -0.2) is 4.79 Å². The summed E-state index contributed by atoms with van der Waals surface area (Å²) < 4.78 is 0. The fourth-order valence-electron chi connectivity index (χ4n) is 2.94. The van der Waals surface area contributed by atoms with Gasteiger partial charge in [-0.05, 0) is 37.0 Å². The van der Waals surface area contributed by atoms with Gasteiger partial charge in [-0.15, -0.1) is 0 Å². The van der Waals surface area contributed by atoms with Gasteiger partial charge in [0.25, 0.3) is 0 Å². The van der Waals surface area contributed by atoms with Crippen molar-refractivity contribution in [3.05, 3.63) is 29.8 Å². The number of aliphatic carboxylic acids is 1. The van der Waals surface area contributed by atoms with Crippen LogP contribution in [0.5, 0.6) is 5.75 Å². The predicted octanol–water partition coefficient (Wildman–Crippen LogP) is -0.248.